The highest BCUT2D eigenvalue weighted by atomic mass is 32.2. The minimum atomic E-state index is -3.31. The van der Waals surface area contributed by atoms with E-state index < -0.39 is 15.7 Å². The highest BCUT2D eigenvalue weighted by Gasteiger charge is 2.16. The number of hydrogen-bond acceptors (Lipinski definition) is 7. The number of aryl methyl sites for hydroxylation is 1. The molecule has 9 nitrogen and oxygen atoms in total. The van der Waals surface area contributed by atoms with Crippen molar-refractivity contribution in [2.75, 3.05) is 11.1 Å². The normalized spacial score (nSPS) is 11.4. The third-order valence-corrected chi connectivity index (χ3v) is 5.29. The molecule has 0 saturated heterocycles. The Morgan fingerprint density at radius 3 is 2.52 bits per heavy atom. The topological polar surface area (TPSA) is 120 Å². The molecule has 0 spiro atoms. The van der Waals surface area contributed by atoms with Crippen molar-refractivity contribution in [3.8, 4) is 11.6 Å². The minimum absolute atomic E-state index is 0.00266. The van der Waals surface area contributed by atoms with Crippen LogP contribution in [-0.2, 0) is 16.9 Å². The number of carbonyl (C=O) groups excluding carboxylic acids is 1. The summed E-state index contributed by atoms with van der Waals surface area (Å²) in [5.41, 5.74) is 0.887. The van der Waals surface area contributed by atoms with Crippen LogP contribution in [0.2, 0.25) is 0 Å². The van der Waals surface area contributed by atoms with E-state index in [9.17, 15) is 13.2 Å². The Hall–Kier alpha value is -3.01. The summed E-state index contributed by atoms with van der Waals surface area (Å²) in [4.78, 5) is 12.4. The van der Waals surface area contributed by atoms with Crippen molar-refractivity contribution in [3.05, 3.63) is 42.1 Å². The summed E-state index contributed by atoms with van der Waals surface area (Å²) in [6.07, 6.45) is 1.59. The maximum atomic E-state index is 12.2. The molecule has 0 aliphatic rings. The zero-order chi connectivity index (χ0) is 18.0. The van der Waals surface area contributed by atoms with Gasteiger partial charge in [0.1, 0.15) is 5.69 Å². The molecule has 2 heterocycles. The van der Waals surface area contributed by atoms with E-state index in [0.29, 0.717) is 5.69 Å². The third kappa shape index (κ3) is 3.43. The molecule has 0 aliphatic heterocycles. The highest BCUT2D eigenvalue weighted by molar-refractivity contribution is 7.91. The van der Waals surface area contributed by atoms with E-state index in [-0.39, 0.29) is 28.1 Å². The largest absolute Gasteiger partial charge is 0.401 e. The van der Waals surface area contributed by atoms with E-state index in [1.165, 1.54) is 24.3 Å². The summed E-state index contributed by atoms with van der Waals surface area (Å²) in [5.74, 6) is -0.266. The van der Waals surface area contributed by atoms with E-state index >= 15 is 0 Å². The number of sulfone groups is 1. The Morgan fingerprint density at radius 1 is 1.20 bits per heavy atom. The monoisotopic (exact) mass is 361 g/mol. The van der Waals surface area contributed by atoms with E-state index in [1.54, 1.807) is 30.9 Å². The first-order chi connectivity index (χ1) is 11.9. The van der Waals surface area contributed by atoms with Crippen molar-refractivity contribution in [2.24, 2.45) is 7.05 Å². The van der Waals surface area contributed by atoms with Crippen LogP contribution in [0, 0.1) is 0 Å². The van der Waals surface area contributed by atoms with Gasteiger partial charge < -0.3 is 4.42 Å². The molecule has 0 saturated carbocycles. The van der Waals surface area contributed by atoms with Crippen LogP contribution in [0.5, 0.6) is 0 Å². The Kier molecular flexibility index (Phi) is 4.36. The van der Waals surface area contributed by atoms with Gasteiger partial charge in [0.05, 0.1) is 10.6 Å². The van der Waals surface area contributed by atoms with Crippen molar-refractivity contribution < 1.29 is 17.6 Å². The maximum absolute atomic E-state index is 12.2. The van der Waals surface area contributed by atoms with Crippen molar-refractivity contribution in [1.29, 1.82) is 0 Å². The molecule has 1 amide bonds. The van der Waals surface area contributed by atoms with Gasteiger partial charge in [0, 0.05) is 18.8 Å². The molecule has 10 heteroatoms. The van der Waals surface area contributed by atoms with Gasteiger partial charge in [0.15, 0.2) is 9.84 Å². The molecule has 0 radical (unpaired) electrons. The molecular formula is C15H15N5O4S. The van der Waals surface area contributed by atoms with Gasteiger partial charge in [-0.1, -0.05) is 12.0 Å². The molecule has 0 fully saturated rings. The molecule has 0 bridgehead atoms. The van der Waals surface area contributed by atoms with E-state index in [1.807, 2.05) is 0 Å². The standard InChI is InChI=1S/C15H15N5O4S/c1-3-25(22,23)11-6-4-10(5-7-11)13(21)17-15-19-18-14(24-15)12-8-9-16-20(12)2/h4-9H,3H2,1-2H3,(H,17,19,21). The highest BCUT2D eigenvalue weighted by Crippen LogP contribution is 2.19. The Morgan fingerprint density at radius 2 is 1.92 bits per heavy atom. The zero-order valence-electron chi connectivity index (χ0n) is 13.5. The smallest absolute Gasteiger partial charge is 0.322 e. The second-order valence-electron chi connectivity index (χ2n) is 5.13. The molecule has 25 heavy (non-hydrogen) atoms. The Labute approximate surface area is 143 Å². The Balaban J connectivity index is 1.75. The summed E-state index contributed by atoms with van der Waals surface area (Å²) >= 11 is 0. The number of hydrogen-bond donors (Lipinski definition) is 1. The van der Waals surface area contributed by atoms with Crippen molar-refractivity contribution >= 4 is 21.8 Å². The van der Waals surface area contributed by atoms with E-state index in [0.717, 1.165) is 0 Å². The molecule has 0 aliphatic carbocycles. The number of rotatable bonds is 5. The Bertz CT molecular complexity index is 1000. The van der Waals surface area contributed by atoms with Crippen LogP contribution < -0.4 is 5.32 Å². The van der Waals surface area contributed by atoms with Crippen molar-refractivity contribution in [3.63, 3.8) is 0 Å². The summed E-state index contributed by atoms with van der Waals surface area (Å²) in [6, 6.07) is 7.27. The van der Waals surface area contributed by atoms with Crippen molar-refractivity contribution in [2.45, 2.75) is 11.8 Å². The minimum Gasteiger partial charge on any atom is -0.401 e. The summed E-state index contributed by atoms with van der Waals surface area (Å²) in [6.45, 7) is 1.56. The molecule has 1 N–H and O–H groups in total. The summed E-state index contributed by atoms with van der Waals surface area (Å²) < 4.78 is 30.5. The fraction of sp³-hybridized carbons (Fsp3) is 0.200. The average molecular weight is 361 g/mol. The molecule has 0 unspecified atom stereocenters. The number of nitrogens with zero attached hydrogens (tertiary/aromatic N) is 4. The fourth-order valence-electron chi connectivity index (χ4n) is 2.11. The lowest BCUT2D eigenvalue weighted by Crippen LogP contribution is -2.12. The van der Waals surface area contributed by atoms with Crippen LogP contribution in [-0.4, -0.2) is 40.1 Å². The quantitative estimate of drug-likeness (QED) is 0.731. The van der Waals surface area contributed by atoms with Crippen LogP contribution in [0.3, 0.4) is 0 Å². The van der Waals surface area contributed by atoms with Gasteiger partial charge in [0.2, 0.25) is 0 Å². The molecule has 3 aromatic rings. The number of carbonyl (C=O) groups is 1. The van der Waals surface area contributed by atoms with Gasteiger partial charge in [-0.25, -0.2) is 8.42 Å². The lowest BCUT2D eigenvalue weighted by Gasteiger charge is -2.03. The summed E-state index contributed by atoms with van der Waals surface area (Å²) in [7, 11) is -1.58. The van der Waals surface area contributed by atoms with Crippen molar-refractivity contribution in [1.82, 2.24) is 20.0 Å². The van der Waals surface area contributed by atoms with Gasteiger partial charge in [-0.15, -0.1) is 5.10 Å². The third-order valence-electron chi connectivity index (χ3n) is 3.54. The first-order valence-electron chi connectivity index (χ1n) is 7.37. The van der Waals surface area contributed by atoms with Gasteiger partial charge in [-0.05, 0) is 30.3 Å². The molecular weight excluding hydrogens is 346 g/mol. The first kappa shape index (κ1) is 16.8. The van der Waals surface area contributed by atoms with Crippen LogP contribution >= 0.6 is 0 Å². The predicted octanol–water partition coefficient (Wildman–Crippen LogP) is 1.52. The lowest BCUT2D eigenvalue weighted by atomic mass is 10.2. The van der Waals surface area contributed by atoms with E-state index in [2.05, 4.69) is 20.6 Å². The zero-order valence-corrected chi connectivity index (χ0v) is 14.3. The number of benzene rings is 1. The van der Waals surface area contributed by atoms with Gasteiger partial charge in [-0.2, -0.15) is 5.10 Å². The number of amides is 1. The van der Waals surface area contributed by atoms with Crippen LogP contribution in [0.15, 0.2) is 45.8 Å². The maximum Gasteiger partial charge on any atom is 0.322 e. The number of anilines is 1. The van der Waals surface area contributed by atoms with Gasteiger partial charge in [0.25, 0.3) is 11.8 Å². The van der Waals surface area contributed by atoms with Gasteiger partial charge in [-0.3, -0.25) is 14.8 Å². The fourth-order valence-corrected chi connectivity index (χ4v) is 2.99. The molecule has 130 valence electrons. The second kappa shape index (κ2) is 6.48. The summed E-state index contributed by atoms with van der Waals surface area (Å²) in [5, 5.41) is 14.1. The van der Waals surface area contributed by atoms with Crippen LogP contribution in [0.4, 0.5) is 6.01 Å². The molecule has 0 atom stereocenters. The molecule has 2 aromatic heterocycles. The van der Waals surface area contributed by atoms with E-state index in [4.69, 9.17) is 4.42 Å². The average Bonchev–Trinajstić information content (AvgIpc) is 3.23. The molecule has 3 rings (SSSR count). The van der Waals surface area contributed by atoms with Crippen LogP contribution in [0.25, 0.3) is 11.6 Å². The SMILES string of the molecule is CCS(=O)(=O)c1ccc(C(=O)Nc2nnc(-c3ccnn3C)o2)cc1. The predicted molar refractivity (Wildman–Crippen MR) is 88.6 cm³/mol. The van der Waals surface area contributed by atoms with Gasteiger partial charge >= 0.3 is 6.01 Å². The molecule has 1 aromatic carbocycles. The number of nitrogens with one attached hydrogen (secondary N) is 1. The number of aromatic nitrogens is 4. The first-order valence-corrected chi connectivity index (χ1v) is 9.02. The van der Waals surface area contributed by atoms with Crippen LogP contribution in [0.1, 0.15) is 17.3 Å². The second-order valence-corrected chi connectivity index (χ2v) is 7.41. The lowest BCUT2D eigenvalue weighted by molar-refractivity contribution is 0.102.